The smallest absolute Gasteiger partial charge is 0.316 e. The zero-order valence-electron chi connectivity index (χ0n) is 10.8. The normalized spacial score (nSPS) is 12.9. The Morgan fingerprint density at radius 3 is 2.78 bits per heavy atom. The lowest BCUT2D eigenvalue weighted by atomic mass is 10.3. The van der Waals surface area contributed by atoms with E-state index in [1.165, 1.54) is 0 Å². The summed E-state index contributed by atoms with van der Waals surface area (Å²) in [5.41, 5.74) is 0. The van der Waals surface area contributed by atoms with Crippen LogP contribution < -0.4 is 10.6 Å². The lowest BCUT2D eigenvalue weighted by molar-refractivity contribution is 0.448. The first-order valence-electron chi connectivity index (χ1n) is 6.01. The van der Waals surface area contributed by atoms with Gasteiger partial charge in [0.25, 0.3) is 0 Å². The van der Waals surface area contributed by atoms with Crippen LogP contribution in [0.15, 0.2) is 27.2 Å². The van der Waals surface area contributed by atoms with Crippen molar-refractivity contribution in [3.8, 4) is 0 Å². The molecule has 1 atom stereocenters. The van der Waals surface area contributed by atoms with Gasteiger partial charge in [-0.25, -0.2) is 0 Å². The Kier molecular flexibility index (Phi) is 3.99. The van der Waals surface area contributed by atoms with Gasteiger partial charge in [-0.1, -0.05) is 18.9 Å². The Morgan fingerprint density at radius 2 is 2.11 bits per heavy atom. The van der Waals surface area contributed by atoms with E-state index in [2.05, 4.69) is 34.7 Å². The van der Waals surface area contributed by atoms with Crippen molar-refractivity contribution in [3.63, 3.8) is 0 Å². The monoisotopic (exact) mass is 250 g/mol. The molecule has 0 spiro atoms. The van der Waals surface area contributed by atoms with Gasteiger partial charge in [-0.15, -0.1) is 5.10 Å². The predicted molar refractivity (Wildman–Crippen MR) is 67.0 cm³/mol. The fourth-order valence-corrected chi connectivity index (χ4v) is 1.47. The zero-order chi connectivity index (χ0) is 13.0. The predicted octanol–water partition coefficient (Wildman–Crippen LogP) is 2.33. The van der Waals surface area contributed by atoms with Crippen molar-refractivity contribution in [2.45, 2.75) is 39.4 Å². The molecule has 0 amide bonds. The van der Waals surface area contributed by atoms with Crippen molar-refractivity contribution in [3.05, 3.63) is 30.0 Å². The Balaban J connectivity index is 1.90. The van der Waals surface area contributed by atoms with Crippen molar-refractivity contribution in [2.75, 3.05) is 5.32 Å². The zero-order valence-corrected chi connectivity index (χ0v) is 10.8. The molecule has 2 heterocycles. The van der Waals surface area contributed by atoms with Crippen LogP contribution in [0.3, 0.4) is 0 Å². The molecule has 1 unspecified atom stereocenters. The van der Waals surface area contributed by atoms with Gasteiger partial charge in [0.2, 0.25) is 5.89 Å². The molecule has 0 aromatic carbocycles. The van der Waals surface area contributed by atoms with Gasteiger partial charge in [-0.05, 0) is 19.1 Å². The number of nitrogens with zero attached hydrogens (tertiary/aromatic N) is 2. The molecule has 0 aliphatic carbocycles. The van der Waals surface area contributed by atoms with E-state index in [-0.39, 0.29) is 6.04 Å². The highest BCUT2D eigenvalue weighted by Gasteiger charge is 2.12. The summed E-state index contributed by atoms with van der Waals surface area (Å²) < 4.78 is 10.8. The third kappa shape index (κ3) is 3.33. The lowest BCUT2D eigenvalue weighted by Gasteiger charge is -2.08. The number of hydrogen-bond donors (Lipinski definition) is 2. The van der Waals surface area contributed by atoms with E-state index in [0.717, 1.165) is 5.76 Å². The fourth-order valence-electron chi connectivity index (χ4n) is 1.47. The van der Waals surface area contributed by atoms with Crippen LogP contribution >= 0.6 is 0 Å². The van der Waals surface area contributed by atoms with E-state index in [1.54, 1.807) is 6.26 Å². The quantitative estimate of drug-likeness (QED) is 0.819. The molecule has 0 fully saturated rings. The molecule has 2 aromatic heterocycles. The standard InChI is InChI=1S/C12H18N4O2/c1-8(2)13-7-11-15-16-12(18-11)14-9(3)10-5-4-6-17-10/h4-6,8-9,13H,7H2,1-3H3,(H,14,16). The van der Waals surface area contributed by atoms with Crippen LogP contribution in [0.4, 0.5) is 6.01 Å². The van der Waals surface area contributed by atoms with Crippen LogP contribution in [-0.2, 0) is 6.54 Å². The number of furan rings is 1. The molecule has 2 aromatic rings. The summed E-state index contributed by atoms with van der Waals surface area (Å²) in [6.07, 6.45) is 1.64. The largest absolute Gasteiger partial charge is 0.467 e. The molecule has 6 nitrogen and oxygen atoms in total. The van der Waals surface area contributed by atoms with Gasteiger partial charge in [-0.3, -0.25) is 0 Å². The van der Waals surface area contributed by atoms with Gasteiger partial charge < -0.3 is 19.5 Å². The maximum absolute atomic E-state index is 5.47. The van der Waals surface area contributed by atoms with Crippen molar-refractivity contribution in [2.24, 2.45) is 0 Å². The van der Waals surface area contributed by atoms with E-state index in [0.29, 0.717) is 24.5 Å². The van der Waals surface area contributed by atoms with Crippen LogP contribution in [0.2, 0.25) is 0 Å². The number of anilines is 1. The van der Waals surface area contributed by atoms with Gasteiger partial charge in [0.1, 0.15) is 5.76 Å². The number of hydrogen-bond acceptors (Lipinski definition) is 6. The van der Waals surface area contributed by atoms with Gasteiger partial charge >= 0.3 is 6.01 Å². The molecule has 18 heavy (non-hydrogen) atoms. The number of rotatable bonds is 6. The molecule has 0 saturated carbocycles. The topological polar surface area (TPSA) is 76.1 Å². The molecular formula is C12H18N4O2. The number of nitrogens with one attached hydrogen (secondary N) is 2. The highest BCUT2D eigenvalue weighted by Crippen LogP contribution is 2.18. The van der Waals surface area contributed by atoms with Crippen LogP contribution in [0.1, 0.15) is 38.5 Å². The summed E-state index contributed by atoms with van der Waals surface area (Å²) in [5.74, 6) is 1.40. The average molecular weight is 250 g/mol. The Bertz CT molecular complexity index is 464. The summed E-state index contributed by atoms with van der Waals surface area (Å²) >= 11 is 0. The lowest BCUT2D eigenvalue weighted by Crippen LogP contribution is -2.21. The first-order chi connectivity index (χ1) is 8.65. The molecule has 2 rings (SSSR count). The molecule has 0 saturated heterocycles. The molecule has 0 radical (unpaired) electrons. The van der Waals surface area contributed by atoms with Gasteiger partial charge in [-0.2, -0.15) is 0 Å². The Hall–Kier alpha value is -1.82. The maximum Gasteiger partial charge on any atom is 0.316 e. The summed E-state index contributed by atoms with van der Waals surface area (Å²) in [6.45, 7) is 6.67. The first kappa shape index (κ1) is 12.6. The van der Waals surface area contributed by atoms with Crippen LogP contribution in [0, 0.1) is 0 Å². The van der Waals surface area contributed by atoms with Crippen molar-refractivity contribution >= 4 is 6.01 Å². The van der Waals surface area contributed by atoms with E-state index >= 15 is 0 Å². The van der Waals surface area contributed by atoms with Crippen molar-refractivity contribution in [1.29, 1.82) is 0 Å². The SMILES string of the molecule is CC(C)NCc1nnc(NC(C)c2ccco2)o1. The van der Waals surface area contributed by atoms with Crippen molar-refractivity contribution in [1.82, 2.24) is 15.5 Å². The Labute approximate surface area is 106 Å². The third-order valence-electron chi connectivity index (χ3n) is 2.44. The van der Waals surface area contributed by atoms with Gasteiger partial charge in [0.05, 0.1) is 18.8 Å². The molecule has 0 bridgehead atoms. The van der Waals surface area contributed by atoms with Crippen LogP contribution in [-0.4, -0.2) is 16.2 Å². The second kappa shape index (κ2) is 5.68. The first-order valence-corrected chi connectivity index (χ1v) is 6.01. The highest BCUT2D eigenvalue weighted by molar-refractivity contribution is 5.23. The summed E-state index contributed by atoms with van der Waals surface area (Å²) in [5, 5.41) is 14.2. The average Bonchev–Trinajstić information content (AvgIpc) is 2.97. The van der Waals surface area contributed by atoms with Crippen LogP contribution in [0.5, 0.6) is 0 Å². The molecule has 2 N–H and O–H groups in total. The minimum absolute atomic E-state index is 0.00800. The van der Waals surface area contributed by atoms with E-state index in [1.807, 2.05) is 19.1 Å². The summed E-state index contributed by atoms with van der Waals surface area (Å²) in [4.78, 5) is 0. The molecule has 98 valence electrons. The number of aromatic nitrogens is 2. The molecule has 6 heteroatoms. The molecule has 0 aliphatic rings. The van der Waals surface area contributed by atoms with E-state index < -0.39 is 0 Å². The van der Waals surface area contributed by atoms with Crippen LogP contribution in [0.25, 0.3) is 0 Å². The fraction of sp³-hybridized carbons (Fsp3) is 0.500. The van der Waals surface area contributed by atoms with E-state index in [9.17, 15) is 0 Å². The molecule has 0 aliphatic heterocycles. The third-order valence-corrected chi connectivity index (χ3v) is 2.44. The van der Waals surface area contributed by atoms with E-state index in [4.69, 9.17) is 8.83 Å². The minimum Gasteiger partial charge on any atom is -0.467 e. The summed E-state index contributed by atoms with van der Waals surface area (Å²) in [6, 6.07) is 4.52. The highest BCUT2D eigenvalue weighted by atomic mass is 16.4. The summed E-state index contributed by atoms with van der Waals surface area (Å²) in [7, 11) is 0. The molecular weight excluding hydrogens is 232 g/mol. The second-order valence-corrected chi connectivity index (χ2v) is 4.42. The Morgan fingerprint density at radius 1 is 1.28 bits per heavy atom. The van der Waals surface area contributed by atoms with Gasteiger partial charge in [0.15, 0.2) is 0 Å². The van der Waals surface area contributed by atoms with Crippen molar-refractivity contribution < 1.29 is 8.83 Å². The minimum atomic E-state index is -0.00800. The van der Waals surface area contributed by atoms with Gasteiger partial charge in [0, 0.05) is 6.04 Å². The maximum atomic E-state index is 5.47. The second-order valence-electron chi connectivity index (χ2n) is 4.42.